The number of rotatable bonds is 22. The van der Waals surface area contributed by atoms with E-state index in [1.807, 2.05) is 23.0 Å². The standard InChI is InChI=1S/C52H70N6O17/c1-29-23-34(48(64)53-19-9-15-35-27-57(55-54-35)21-10-20-56-22-18-33-25-36(58(68)69)16-17-37(33)56)26-38(45(29)75-51-44(63)43(62)41(60)30(2)70-51)72-52-47(74-50(67)32-13-7-4-8-14-32)46(42(61)40(28-59)73-52)71-39(49(65)66)24-31-11-5-3-6-12-31/h4,7-8,13-14,16-18,22,25,27,29-31,34,38-47,51-52,59-63H,3,5-6,9-12,15,19-21,23-24,26,28H2,1-2H3,(H,53,64)(H,65,66)/t29?,30?,34?,38?,39-,40?,41?,42-,43?,44?,45?,46?,47?,51?,52?/m0/s1. The van der Waals surface area contributed by atoms with E-state index in [9.17, 15) is 55.1 Å². The van der Waals surface area contributed by atoms with Gasteiger partial charge in [-0.25, -0.2) is 9.59 Å². The molecule has 8 rings (SSSR count). The Kier molecular flexibility index (Phi) is 19.0. The highest BCUT2D eigenvalue weighted by Crippen LogP contribution is 2.39. The van der Waals surface area contributed by atoms with Crippen LogP contribution in [-0.4, -0.2) is 166 Å². The van der Waals surface area contributed by atoms with E-state index >= 15 is 0 Å². The van der Waals surface area contributed by atoms with Crippen LogP contribution < -0.4 is 5.32 Å². The van der Waals surface area contributed by atoms with Crippen LogP contribution in [0.4, 0.5) is 5.69 Å². The molecule has 23 heteroatoms. The predicted octanol–water partition coefficient (Wildman–Crippen LogP) is 3.04. The van der Waals surface area contributed by atoms with Gasteiger partial charge in [-0.2, -0.15) is 0 Å². The van der Waals surface area contributed by atoms with Gasteiger partial charge in [0, 0.05) is 61.0 Å². The van der Waals surface area contributed by atoms with Crippen LogP contribution in [0.2, 0.25) is 0 Å². The molecule has 410 valence electrons. The van der Waals surface area contributed by atoms with E-state index in [0.717, 1.165) is 55.1 Å². The summed E-state index contributed by atoms with van der Waals surface area (Å²) in [6.07, 6.45) is -8.42. The van der Waals surface area contributed by atoms with Crippen LogP contribution >= 0.6 is 0 Å². The molecule has 0 bridgehead atoms. The summed E-state index contributed by atoms with van der Waals surface area (Å²) in [5, 5.41) is 88.5. The number of carbonyl (C=O) groups excluding carboxylic acids is 2. The number of fused-ring (bicyclic) bond motifs is 1. The number of carboxylic acid groups (broad SMARTS) is 1. The molecular formula is C52H70N6O17. The van der Waals surface area contributed by atoms with Crippen LogP contribution in [0.5, 0.6) is 0 Å². The van der Waals surface area contributed by atoms with Gasteiger partial charge in [-0.05, 0) is 81.5 Å². The number of aliphatic hydroxyl groups is 5. The number of aliphatic carboxylic acids is 1. The molecule has 4 fully saturated rings. The Hall–Kier alpha value is -5.47. The molecule has 2 saturated carbocycles. The third-order valence-electron chi connectivity index (χ3n) is 15.0. The number of hydrogen-bond donors (Lipinski definition) is 7. The Morgan fingerprint density at radius 3 is 2.39 bits per heavy atom. The molecule has 2 aliphatic heterocycles. The summed E-state index contributed by atoms with van der Waals surface area (Å²) >= 11 is 0. The molecular weight excluding hydrogens is 981 g/mol. The Balaban J connectivity index is 0.959. The van der Waals surface area contributed by atoms with E-state index in [1.54, 1.807) is 41.9 Å². The van der Waals surface area contributed by atoms with E-state index in [2.05, 4.69) is 15.6 Å². The predicted molar refractivity (Wildman–Crippen MR) is 263 cm³/mol. The zero-order valence-corrected chi connectivity index (χ0v) is 42.1. The smallest absolute Gasteiger partial charge is 0.338 e. The highest BCUT2D eigenvalue weighted by atomic mass is 16.7. The first-order chi connectivity index (χ1) is 36.1. The monoisotopic (exact) mass is 1050 g/mol. The lowest BCUT2D eigenvalue weighted by Gasteiger charge is -2.48. The largest absolute Gasteiger partial charge is 0.479 e. The van der Waals surface area contributed by atoms with E-state index < -0.39 is 115 Å². The minimum atomic E-state index is -1.70. The van der Waals surface area contributed by atoms with Crippen molar-refractivity contribution < 1.29 is 78.4 Å². The molecule has 2 saturated heterocycles. The second-order valence-corrected chi connectivity index (χ2v) is 20.5. The Morgan fingerprint density at radius 1 is 0.880 bits per heavy atom. The number of aliphatic hydroxyl groups excluding tert-OH is 5. The van der Waals surface area contributed by atoms with Gasteiger partial charge in [0.2, 0.25) is 5.91 Å². The van der Waals surface area contributed by atoms with Gasteiger partial charge in [-0.1, -0.05) is 62.4 Å². The number of nitro groups is 1. The van der Waals surface area contributed by atoms with Gasteiger partial charge in [-0.15, -0.1) is 5.10 Å². The fourth-order valence-electron chi connectivity index (χ4n) is 10.9. The summed E-state index contributed by atoms with van der Waals surface area (Å²) in [5.41, 5.74) is 1.78. The number of hydrogen-bond acceptors (Lipinski definition) is 18. The lowest BCUT2D eigenvalue weighted by Crippen LogP contribution is -2.64. The van der Waals surface area contributed by atoms with E-state index in [0.29, 0.717) is 25.9 Å². The van der Waals surface area contributed by atoms with Gasteiger partial charge >= 0.3 is 11.9 Å². The number of amides is 1. The summed E-state index contributed by atoms with van der Waals surface area (Å²) < 4.78 is 41.2. The number of nitrogens with one attached hydrogen (secondary N) is 1. The van der Waals surface area contributed by atoms with Crippen LogP contribution in [0, 0.1) is 27.9 Å². The highest BCUT2D eigenvalue weighted by Gasteiger charge is 2.54. The van der Waals surface area contributed by atoms with Crippen molar-refractivity contribution in [2.24, 2.45) is 17.8 Å². The molecule has 4 heterocycles. The zero-order valence-electron chi connectivity index (χ0n) is 42.1. The average Bonchev–Trinajstić information content (AvgIpc) is 4.04. The molecule has 0 radical (unpaired) electrons. The maximum absolute atomic E-state index is 14.1. The third kappa shape index (κ3) is 13.7. The van der Waals surface area contributed by atoms with Gasteiger partial charge in [0.15, 0.2) is 24.8 Å². The van der Waals surface area contributed by atoms with E-state index in [1.165, 1.54) is 25.1 Å². The summed E-state index contributed by atoms with van der Waals surface area (Å²) in [7, 11) is 0. The number of ether oxygens (including phenoxy) is 6. The van der Waals surface area contributed by atoms with Crippen molar-refractivity contribution in [1.82, 2.24) is 24.9 Å². The van der Waals surface area contributed by atoms with Gasteiger partial charge in [0.1, 0.15) is 36.6 Å². The fourth-order valence-corrected chi connectivity index (χ4v) is 10.9. The van der Waals surface area contributed by atoms with Gasteiger partial charge in [0.25, 0.3) is 5.69 Å². The number of carboxylic acids is 1. The number of aromatic nitrogens is 4. The summed E-state index contributed by atoms with van der Waals surface area (Å²) in [6, 6.07) is 14.6. The third-order valence-corrected chi connectivity index (χ3v) is 15.0. The van der Waals surface area contributed by atoms with Crippen molar-refractivity contribution in [2.75, 3.05) is 13.2 Å². The number of benzene rings is 2. The SMILES string of the molecule is CC1CC(C(=O)NCCCc2cn(CCCn3ccc4cc([N+](=O)[O-])ccc43)nn2)CC(OC2OC(CO)[C@H](O)C(O[C@@H](CC3CCCCC3)C(=O)O)C2OC(=O)c2ccccc2)C1OC1OC(C)C(O)C(O)C1O. The summed E-state index contributed by atoms with van der Waals surface area (Å²) in [4.78, 5) is 51.6. The van der Waals surface area contributed by atoms with Crippen LogP contribution in [-0.2, 0) is 57.5 Å². The maximum atomic E-state index is 14.1. The topological polar surface area (TPSA) is 319 Å². The van der Waals surface area contributed by atoms with Crippen molar-refractivity contribution in [2.45, 2.75) is 177 Å². The van der Waals surface area contributed by atoms with Crippen LogP contribution in [0.1, 0.15) is 94.1 Å². The molecule has 15 atom stereocenters. The second kappa shape index (κ2) is 25.6. The van der Waals surface area contributed by atoms with Gasteiger partial charge < -0.3 is 68.9 Å². The lowest BCUT2D eigenvalue weighted by molar-refractivity contribution is -0.384. The van der Waals surface area contributed by atoms with Crippen molar-refractivity contribution in [3.63, 3.8) is 0 Å². The van der Waals surface area contributed by atoms with E-state index in [4.69, 9.17) is 28.4 Å². The molecule has 75 heavy (non-hydrogen) atoms. The minimum absolute atomic E-state index is 0.0284. The summed E-state index contributed by atoms with van der Waals surface area (Å²) in [6.45, 7) is 4.06. The van der Waals surface area contributed by atoms with Crippen molar-refractivity contribution in [1.29, 1.82) is 0 Å². The van der Waals surface area contributed by atoms with Gasteiger partial charge in [0.05, 0.1) is 41.1 Å². The molecule has 4 aromatic rings. The molecule has 4 aliphatic rings. The average molecular weight is 1050 g/mol. The highest BCUT2D eigenvalue weighted by molar-refractivity contribution is 5.89. The number of non-ortho nitro benzene ring substituents is 1. The molecule has 2 aromatic carbocycles. The fraction of sp³-hybridized carbons (Fsp3) is 0.635. The van der Waals surface area contributed by atoms with Crippen molar-refractivity contribution in [3.8, 4) is 0 Å². The number of esters is 1. The van der Waals surface area contributed by atoms with Crippen LogP contribution in [0.15, 0.2) is 67.0 Å². The Bertz CT molecular complexity index is 2520. The molecule has 7 N–H and O–H groups in total. The number of aryl methyl sites for hydroxylation is 3. The Morgan fingerprint density at radius 2 is 1.65 bits per heavy atom. The number of nitrogens with zero attached hydrogens (tertiary/aromatic N) is 5. The molecule has 23 nitrogen and oxygen atoms in total. The Labute approximate surface area is 433 Å². The first kappa shape index (κ1) is 55.8. The van der Waals surface area contributed by atoms with Crippen molar-refractivity contribution >= 4 is 34.4 Å². The molecule has 0 spiro atoms. The molecule has 2 aromatic heterocycles. The van der Waals surface area contributed by atoms with Crippen molar-refractivity contribution in [3.05, 3.63) is 88.4 Å². The number of carbonyl (C=O) groups is 3. The van der Waals surface area contributed by atoms with Crippen LogP contribution in [0.25, 0.3) is 10.9 Å². The molecule has 2 aliphatic carbocycles. The lowest BCUT2D eigenvalue weighted by atomic mass is 9.77. The second-order valence-electron chi connectivity index (χ2n) is 20.5. The first-order valence-corrected chi connectivity index (χ1v) is 26.1. The number of nitro benzene ring substituents is 1. The van der Waals surface area contributed by atoms with E-state index in [-0.39, 0.29) is 48.9 Å². The quantitative estimate of drug-likeness (QED) is 0.0257. The summed E-state index contributed by atoms with van der Waals surface area (Å²) in [5.74, 6) is -3.66. The maximum Gasteiger partial charge on any atom is 0.338 e. The normalized spacial score (nSPS) is 30.9. The molecule has 1 amide bonds. The van der Waals surface area contributed by atoms with Gasteiger partial charge in [-0.3, -0.25) is 19.6 Å². The first-order valence-electron chi connectivity index (χ1n) is 26.1. The zero-order chi connectivity index (χ0) is 53.3. The van der Waals surface area contributed by atoms with Crippen LogP contribution in [0.3, 0.4) is 0 Å². The molecule has 13 unspecified atom stereocenters. The minimum Gasteiger partial charge on any atom is -0.479 e.